The molecule has 0 saturated carbocycles. The molecule has 5 nitrogen and oxygen atoms in total. The van der Waals surface area contributed by atoms with Gasteiger partial charge < -0.3 is 0 Å². The van der Waals surface area contributed by atoms with Gasteiger partial charge in [-0.25, -0.2) is 0 Å². The number of hydrogen-bond acceptors (Lipinski definition) is 4. The van der Waals surface area contributed by atoms with Gasteiger partial charge in [0.15, 0.2) is 0 Å². The van der Waals surface area contributed by atoms with Gasteiger partial charge in [-0.15, -0.1) is 0 Å². The standard InChI is InChI=1S/C11H9N.C9H6N2O2/c12-10-6-2-5-9-11-7-3-1-4-8-11;12-8-5-6(9(13)11-8)7-3-1-2-4-10-7/h1-9H;1-5H,(H,11,12,13). The van der Waals surface area contributed by atoms with Crippen LogP contribution < -0.4 is 5.32 Å². The lowest BCUT2D eigenvalue weighted by atomic mass is 10.2. The number of carbonyl (C=O) groups excluding carboxylic acids is 2. The van der Waals surface area contributed by atoms with Crippen molar-refractivity contribution in [1.29, 1.82) is 5.26 Å². The van der Waals surface area contributed by atoms with Crippen molar-refractivity contribution in [2.75, 3.05) is 0 Å². The SMILES string of the molecule is N#CC=CC=Cc1ccccc1.O=C1C=C(c2ccccn2)C(=O)N1. The average Bonchev–Trinajstić information content (AvgIpc) is 2.99. The Morgan fingerprint density at radius 1 is 1.00 bits per heavy atom. The van der Waals surface area contributed by atoms with Gasteiger partial charge in [0.1, 0.15) is 0 Å². The second kappa shape index (κ2) is 9.38. The van der Waals surface area contributed by atoms with E-state index in [2.05, 4.69) is 10.3 Å². The van der Waals surface area contributed by atoms with Crippen LogP contribution in [0.5, 0.6) is 0 Å². The Labute approximate surface area is 145 Å². The maximum Gasteiger partial charge on any atom is 0.260 e. The van der Waals surface area contributed by atoms with Gasteiger partial charge in [-0.1, -0.05) is 54.6 Å². The molecule has 5 heteroatoms. The molecular weight excluding hydrogens is 314 g/mol. The molecule has 1 aromatic carbocycles. The molecule has 2 heterocycles. The normalized spacial score (nSPS) is 13.2. The monoisotopic (exact) mass is 329 g/mol. The number of pyridine rings is 1. The lowest BCUT2D eigenvalue weighted by molar-refractivity contribution is -0.123. The Morgan fingerprint density at radius 2 is 1.76 bits per heavy atom. The number of benzene rings is 1. The molecule has 0 spiro atoms. The molecule has 2 amide bonds. The summed E-state index contributed by atoms with van der Waals surface area (Å²) in [6.07, 6.45) is 9.79. The number of hydrogen-bond donors (Lipinski definition) is 1. The Bertz CT molecular complexity index is 861. The van der Waals surface area contributed by atoms with E-state index in [0.717, 1.165) is 5.56 Å². The quantitative estimate of drug-likeness (QED) is 0.533. The van der Waals surface area contributed by atoms with E-state index in [-0.39, 0.29) is 11.8 Å². The minimum atomic E-state index is -0.385. The first kappa shape index (κ1) is 17.6. The first-order chi connectivity index (χ1) is 12.2. The van der Waals surface area contributed by atoms with Crippen molar-refractivity contribution in [2.45, 2.75) is 0 Å². The molecule has 0 aliphatic carbocycles. The third-order valence-corrected chi connectivity index (χ3v) is 3.07. The van der Waals surface area contributed by atoms with Crippen molar-refractivity contribution in [3.05, 3.63) is 90.3 Å². The van der Waals surface area contributed by atoms with Gasteiger partial charge in [-0.3, -0.25) is 19.9 Å². The number of imide groups is 1. The Balaban J connectivity index is 0.000000181. The molecule has 0 saturated heterocycles. The highest BCUT2D eigenvalue weighted by Gasteiger charge is 2.22. The molecule has 25 heavy (non-hydrogen) atoms. The van der Waals surface area contributed by atoms with Crippen LogP contribution in [0.1, 0.15) is 11.3 Å². The van der Waals surface area contributed by atoms with E-state index in [1.807, 2.05) is 48.6 Å². The van der Waals surface area contributed by atoms with Crippen molar-refractivity contribution in [3.8, 4) is 6.07 Å². The number of rotatable bonds is 3. The summed E-state index contributed by atoms with van der Waals surface area (Å²) in [7, 11) is 0. The molecule has 0 radical (unpaired) electrons. The largest absolute Gasteiger partial charge is 0.289 e. The zero-order valence-electron chi connectivity index (χ0n) is 13.3. The molecule has 0 bridgehead atoms. The van der Waals surface area contributed by atoms with E-state index >= 15 is 0 Å². The number of aromatic nitrogens is 1. The molecule has 0 fully saturated rings. The van der Waals surface area contributed by atoms with Gasteiger partial charge in [0.05, 0.1) is 17.3 Å². The summed E-state index contributed by atoms with van der Waals surface area (Å²) < 4.78 is 0. The highest BCUT2D eigenvalue weighted by molar-refractivity contribution is 6.33. The summed E-state index contributed by atoms with van der Waals surface area (Å²) in [6.45, 7) is 0. The van der Waals surface area contributed by atoms with E-state index in [0.29, 0.717) is 11.3 Å². The predicted octanol–water partition coefficient (Wildman–Crippen LogP) is 2.90. The Hall–Kier alpha value is -3.78. The first-order valence-corrected chi connectivity index (χ1v) is 7.47. The fourth-order valence-corrected chi connectivity index (χ4v) is 1.95. The summed E-state index contributed by atoms with van der Waals surface area (Å²) >= 11 is 0. The highest BCUT2D eigenvalue weighted by atomic mass is 16.2. The third-order valence-electron chi connectivity index (χ3n) is 3.07. The number of amides is 2. The van der Waals surface area contributed by atoms with Crippen LogP contribution in [0, 0.1) is 11.3 Å². The van der Waals surface area contributed by atoms with Crippen LogP contribution in [-0.4, -0.2) is 16.8 Å². The molecular formula is C20H15N3O2. The Morgan fingerprint density at radius 3 is 2.36 bits per heavy atom. The molecule has 2 aromatic rings. The highest BCUT2D eigenvalue weighted by Crippen LogP contribution is 2.14. The van der Waals surface area contributed by atoms with Crippen molar-refractivity contribution in [2.24, 2.45) is 0 Å². The van der Waals surface area contributed by atoms with E-state index in [4.69, 9.17) is 5.26 Å². The van der Waals surface area contributed by atoms with Gasteiger partial charge in [0, 0.05) is 18.3 Å². The van der Waals surface area contributed by atoms with Gasteiger partial charge in [-0.2, -0.15) is 5.26 Å². The van der Waals surface area contributed by atoms with Crippen LogP contribution in [0.2, 0.25) is 0 Å². The summed E-state index contributed by atoms with van der Waals surface area (Å²) in [4.78, 5) is 25.9. The molecule has 0 unspecified atom stereocenters. The van der Waals surface area contributed by atoms with Crippen molar-refractivity contribution in [1.82, 2.24) is 10.3 Å². The molecule has 1 aliphatic rings. The second-order valence-electron chi connectivity index (χ2n) is 4.85. The third kappa shape index (κ3) is 5.73. The van der Waals surface area contributed by atoms with Crippen molar-refractivity contribution < 1.29 is 9.59 Å². The smallest absolute Gasteiger partial charge is 0.260 e. The number of nitriles is 1. The minimum Gasteiger partial charge on any atom is -0.289 e. The fraction of sp³-hybridized carbons (Fsp3) is 0. The molecule has 1 N–H and O–H groups in total. The zero-order valence-corrected chi connectivity index (χ0v) is 13.3. The molecule has 1 aliphatic heterocycles. The van der Waals surface area contributed by atoms with Crippen LogP contribution in [0.3, 0.4) is 0 Å². The van der Waals surface area contributed by atoms with E-state index in [9.17, 15) is 9.59 Å². The van der Waals surface area contributed by atoms with E-state index in [1.165, 1.54) is 12.2 Å². The van der Waals surface area contributed by atoms with Gasteiger partial charge >= 0.3 is 0 Å². The Kier molecular flexibility index (Phi) is 6.59. The summed E-state index contributed by atoms with van der Waals surface area (Å²) in [5.74, 6) is -0.769. The number of allylic oxidation sites excluding steroid dienone is 3. The maximum atomic E-state index is 11.1. The van der Waals surface area contributed by atoms with E-state index < -0.39 is 0 Å². The number of nitrogens with one attached hydrogen (secondary N) is 1. The second-order valence-corrected chi connectivity index (χ2v) is 4.85. The van der Waals surface area contributed by atoms with Crippen LogP contribution in [-0.2, 0) is 9.59 Å². The number of nitrogens with zero attached hydrogens (tertiary/aromatic N) is 2. The summed E-state index contributed by atoms with van der Waals surface area (Å²) in [5, 5.41) is 10.3. The first-order valence-electron chi connectivity index (χ1n) is 7.47. The average molecular weight is 329 g/mol. The topological polar surface area (TPSA) is 82.8 Å². The van der Waals surface area contributed by atoms with Gasteiger partial charge in [0.25, 0.3) is 11.8 Å². The summed E-state index contributed by atoms with van der Waals surface area (Å²) in [5.41, 5.74) is 1.98. The lowest BCUT2D eigenvalue weighted by Gasteiger charge is -1.96. The van der Waals surface area contributed by atoms with Crippen LogP contribution in [0.15, 0.2) is 79.0 Å². The van der Waals surface area contributed by atoms with E-state index in [1.54, 1.807) is 30.5 Å². The zero-order chi connectivity index (χ0) is 17.9. The summed E-state index contributed by atoms with van der Waals surface area (Å²) in [6, 6.07) is 17.1. The maximum absolute atomic E-state index is 11.1. The molecule has 3 rings (SSSR count). The van der Waals surface area contributed by atoms with Gasteiger partial charge in [-0.05, 0) is 17.7 Å². The van der Waals surface area contributed by atoms with Crippen molar-refractivity contribution >= 4 is 23.5 Å². The van der Waals surface area contributed by atoms with Crippen LogP contribution >= 0.6 is 0 Å². The van der Waals surface area contributed by atoms with Crippen LogP contribution in [0.25, 0.3) is 11.6 Å². The number of carbonyl (C=O) groups is 2. The fourth-order valence-electron chi connectivity index (χ4n) is 1.95. The van der Waals surface area contributed by atoms with Gasteiger partial charge in [0.2, 0.25) is 0 Å². The molecule has 122 valence electrons. The molecule has 0 atom stereocenters. The lowest BCUT2D eigenvalue weighted by Crippen LogP contribution is -2.21. The minimum absolute atomic E-state index is 0.325. The van der Waals surface area contributed by atoms with Crippen LogP contribution in [0.4, 0.5) is 0 Å². The predicted molar refractivity (Wildman–Crippen MR) is 95.6 cm³/mol. The van der Waals surface area contributed by atoms with Crippen molar-refractivity contribution in [3.63, 3.8) is 0 Å². The molecule has 1 aromatic heterocycles.